The van der Waals surface area contributed by atoms with Crippen LogP contribution in [0.4, 0.5) is 5.82 Å². The van der Waals surface area contributed by atoms with Crippen LogP contribution in [0.3, 0.4) is 0 Å². The first-order valence-electron chi connectivity index (χ1n) is 4.23. The van der Waals surface area contributed by atoms with Crippen LogP contribution in [-0.2, 0) is 11.4 Å². The molecule has 0 aliphatic rings. The van der Waals surface area contributed by atoms with E-state index in [-0.39, 0.29) is 6.61 Å². The van der Waals surface area contributed by atoms with Gasteiger partial charge < -0.3 is 15.6 Å². The number of nitrogen functional groups attached to an aromatic ring is 1. The quantitative estimate of drug-likeness (QED) is 0.690. The molecule has 4 heteroatoms. The summed E-state index contributed by atoms with van der Waals surface area (Å²) >= 11 is 0. The minimum atomic E-state index is -0.131. The van der Waals surface area contributed by atoms with Gasteiger partial charge in [0.1, 0.15) is 12.1 Å². The number of aliphatic hydroxyl groups excluding tert-OH is 1. The molecule has 1 rings (SSSR count). The van der Waals surface area contributed by atoms with Gasteiger partial charge in [-0.1, -0.05) is 12.2 Å². The van der Waals surface area contributed by atoms with Gasteiger partial charge in [0.15, 0.2) is 0 Å². The lowest BCUT2D eigenvalue weighted by Gasteiger charge is -2.01. The molecule has 4 nitrogen and oxygen atoms in total. The number of aldehydes is 1. The zero-order valence-electron chi connectivity index (χ0n) is 7.68. The van der Waals surface area contributed by atoms with Crippen LogP contribution in [0.2, 0.25) is 0 Å². The first kappa shape index (κ1) is 10.4. The molecule has 0 spiro atoms. The molecule has 74 valence electrons. The Labute approximate surface area is 82.1 Å². The maximum absolute atomic E-state index is 10.0. The molecule has 1 heterocycles. The van der Waals surface area contributed by atoms with Gasteiger partial charge in [-0.2, -0.15) is 0 Å². The average Bonchev–Trinajstić information content (AvgIpc) is 2.21. The summed E-state index contributed by atoms with van der Waals surface area (Å²) in [5, 5.41) is 8.91. The van der Waals surface area contributed by atoms with Crippen molar-refractivity contribution in [2.24, 2.45) is 0 Å². The molecule has 0 aliphatic heterocycles. The number of pyridine rings is 1. The summed E-state index contributed by atoms with van der Waals surface area (Å²) in [5.74, 6) is 0.333. The van der Waals surface area contributed by atoms with Crippen LogP contribution in [0, 0.1) is 0 Å². The lowest BCUT2D eigenvalue weighted by molar-refractivity contribution is -0.107. The molecule has 3 N–H and O–H groups in total. The molecule has 0 aliphatic carbocycles. The second-order valence-corrected chi connectivity index (χ2v) is 2.78. The molecule has 0 saturated carbocycles. The zero-order valence-corrected chi connectivity index (χ0v) is 7.68. The van der Waals surface area contributed by atoms with Crippen molar-refractivity contribution >= 4 is 18.2 Å². The minimum Gasteiger partial charge on any atom is -0.392 e. The highest BCUT2D eigenvalue weighted by Crippen LogP contribution is 2.11. The van der Waals surface area contributed by atoms with E-state index in [9.17, 15) is 4.79 Å². The van der Waals surface area contributed by atoms with E-state index in [4.69, 9.17) is 10.8 Å². The van der Waals surface area contributed by atoms with Crippen LogP contribution in [0.25, 0.3) is 6.08 Å². The third kappa shape index (κ3) is 2.67. The van der Waals surface area contributed by atoms with Crippen molar-refractivity contribution in [3.63, 3.8) is 0 Å². The molecule has 0 radical (unpaired) electrons. The minimum absolute atomic E-state index is 0.131. The highest BCUT2D eigenvalue weighted by atomic mass is 16.3. The van der Waals surface area contributed by atoms with E-state index in [1.807, 2.05) is 0 Å². The number of aliphatic hydroxyl groups is 1. The number of nitrogens with two attached hydrogens (primary N) is 1. The summed E-state index contributed by atoms with van der Waals surface area (Å²) in [6, 6.07) is 1.74. The molecular weight excluding hydrogens is 180 g/mol. The predicted molar refractivity (Wildman–Crippen MR) is 54.3 cm³/mol. The smallest absolute Gasteiger partial charge is 0.128 e. The van der Waals surface area contributed by atoms with Crippen LogP contribution in [0.5, 0.6) is 0 Å². The molecule has 14 heavy (non-hydrogen) atoms. The van der Waals surface area contributed by atoms with E-state index in [1.54, 1.807) is 24.4 Å². The van der Waals surface area contributed by atoms with Crippen molar-refractivity contribution in [2.75, 3.05) is 5.73 Å². The van der Waals surface area contributed by atoms with E-state index in [0.29, 0.717) is 17.8 Å². The monoisotopic (exact) mass is 192 g/mol. The summed E-state index contributed by atoms with van der Waals surface area (Å²) in [5.41, 5.74) is 6.92. The summed E-state index contributed by atoms with van der Waals surface area (Å²) in [7, 11) is 0. The van der Waals surface area contributed by atoms with Crippen molar-refractivity contribution in [3.05, 3.63) is 29.5 Å². The molecule has 0 fully saturated rings. The third-order valence-electron chi connectivity index (χ3n) is 1.74. The molecule has 0 saturated heterocycles. The van der Waals surface area contributed by atoms with E-state index in [2.05, 4.69) is 4.98 Å². The number of rotatable bonds is 4. The fraction of sp³-hybridized carbons (Fsp3) is 0.200. The molecule has 0 amide bonds. The SMILES string of the molecule is Nc1ncc(C=CCC=O)cc1CO. The number of carbonyl (C=O) groups excluding carboxylic acids is 1. The fourth-order valence-electron chi connectivity index (χ4n) is 1.02. The highest BCUT2D eigenvalue weighted by molar-refractivity contribution is 5.58. The first-order chi connectivity index (χ1) is 6.77. The summed E-state index contributed by atoms with van der Waals surface area (Å²) in [6.07, 6.45) is 6.27. The Morgan fingerprint density at radius 1 is 1.57 bits per heavy atom. The molecule has 0 bridgehead atoms. The maximum Gasteiger partial charge on any atom is 0.128 e. The van der Waals surface area contributed by atoms with E-state index in [1.165, 1.54) is 0 Å². The summed E-state index contributed by atoms with van der Waals surface area (Å²) in [4.78, 5) is 14.0. The number of hydrogen-bond acceptors (Lipinski definition) is 4. The number of allylic oxidation sites excluding steroid dienone is 1. The number of aromatic nitrogens is 1. The van der Waals surface area contributed by atoms with E-state index < -0.39 is 0 Å². The van der Waals surface area contributed by atoms with Crippen molar-refractivity contribution in [1.82, 2.24) is 4.98 Å². The third-order valence-corrected chi connectivity index (χ3v) is 1.74. The van der Waals surface area contributed by atoms with Crippen LogP contribution < -0.4 is 5.73 Å². The first-order valence-corrected chi connectivity index (χ1v) is 4.23. The topological polar surface area (TPSA) is 76.2 Å². The van der Waals surface area contributed by atoms with Gasteiger partial charge >= 0.3 is 0 Å². The molecule has 1 aromatic rings. The van der Waals surface area contributed by atoms with Crippen LogP contribution in [0.1, 0.15) is 17.5 Å². The molecule has 1 aromatic heterocycles. The van der Waals surface area contributed by atoms with Crippen molar-refractivity contribution in [1.29, 1.82) is 0 Å². The van der Waals surface area contributed by atoms with Gasteiger partial charge in [-0.05, 0) is 11.6 Å². The molecule has 0 unspecified atom stereocenters. The molecule has 0 atom stereocenters. The average molecular weight is 192 g/mol. The standard InChI is InChI=1S/C10H12N2O2/c11-10-9(7-14)5-8(6-12-10)3-1-2-4-13/h1,3-6,14H,2,7H2,(H2,11,12). The number of carbonyl (C=O) groups is 1. The van der Waals surface area contributed by atoms with Crippen LogP contribution in [-0.4, -0.2) is 16.4 Å². The van der Waals surface area contributed by atoms with Crippen molar-refractivity contribution in [3.8, 4) is 0 Å². The van der Waals surface area contributed by atoms with E-state index in [0.717, 1.165) is 11.8 Å². The Balaban J connectivity index is 2.83. The second kappa shape index (κ2) is 5.14. The van der Waals surface area contributed by atoms with Gasteiger partial charge in [0.05, 0.1) is 6.61 Å². The highest BCUT2D eigenvalue weighted by Gasteiger charge is 1.98. The van der Waals surface area contributed by atoms with Crippen LogP contribution >= 0.6 is 0 Å². The van der Waals surface area contributed by atoms with Crippen molar-refractivity contribution < 1.29 is 9.90 Å². The number of hydrogen-bond donors (Lipinski definition) is 2. The Morgan fingerprint density at radius 3 is 3.00 bits per heavy atom. The number of nitrogens with zero attached hydrogens (tertiary/aromatic N) is 1. The van der Waals surface area contributed by atoms with Crippen LogP contribution in [0.15, 0.2) is 18.3 Å². The Bertz CT molecular complexity index is 348. The lowest BCUT2D eigenvalue weighted by Crippen LogP contribution is -1.97. The van der Waals surface area contributed by atoms with Gasteiger partial charge in [-0.25, -0.2) is 4.98 Å². The summed E-state index contributed by atoms with van der Waals surface area (Å²) in [6.45, 7) is -0.131. The zero-order chi connectivity index (χ0) is 10.4. The number of anilines is 1. The van der Waals surface area contributed by atoms with Gasteiger partial charge in [0.25, 0.3) is 0 Å². The van der Waals surface area contributed by atoms with Crippen molar-refractivity contribution in [2.45, 2.75) is 13.0 Å². The van der Waals surface area contributed by atoms with Gasteiger partial charge in [-0.3, -0.25) is 0 Å². The largest absolute Gasteiger partial charge is 0.392 e. The summed E-state index contributed by atoms with van der Waals surface area (Å²) < 4.78 is 0. The normalized spacial score (nSPS) is 10.6. The molecular formula is C10H12N2O2. The fourth-order valence-corrected chi connectivity index (χ4v) is 1.02. The predicted octanol–water partition coefficient (Wildman–Crippen LogP) is 0.758. The molecule has 0 aromatic carbocycles. The second-order valence-electron chi connectivity index (χ2n) is 2.78. The maximum atomic E-state index is 10.0. The Kier molecular flexibility index (Phi) is 3.82. The van der Waals surface area contributed by atoms with Gasteiger partial charge in [-0.15, -0.1) is 0 Å². The van der Waals surface area contributed by atoms with Gasteiger partial charge in [0, 0.05) is 18.2 Å². The Hall–Kier alpha value is -1.68. The van der Waals surface area contributed by atoms with E-state index >= 15 is 0 Å². The van der Waals surface area contributed by atoms with Gasteiger partial charge in [0.2, 0.25) is 0 Å². The Morgan fingerprint density at radius 2 is 2.36 bits per heavy atom. The lowest BCUT2D eigenvalue weighted by atomic mass is 10.2.